The Balaban J connectivity index is 2.45. The van der Waals surface area contributed by atoms with Crippen molar-refractivity contribution in [2.75, 3.05) is 0 Å². The van der Waals surface area contributed by atoms with E-state index in [1.165, 1.54) is 6.92 Å². The lowest BCUT2D eigenvalue weighted by Crippen LogP contribution is -2.40. The Hall–Kier alpha value is -2.62. The highest BCUT2D eigenvalue weighted by atomic mass is 16.4. The van der Waals surface area contributed by atoms with Gasteiger partial charge >= 0.3 is 11.9 Å². The molecule has 0 heterocycles. The number of hydrogen-bond donors (Lipinski definition) is 2. The highest BCUT2D eigenvalue weighted by Gasteiger charge is 2.47. The second kappa shape index (κ2) is 6.02. The molecule has 0 saturated carbocycles. The Kier molecular flexibility index (Phi) is 4.31. The summed E-state index contributed by atoms with van der Waals surface area (Å²) >= 11 is 0. The number of aliphatic carboxylic acids is 2. The lowest BCUT2D eigenvalue weighted by Gasteiger charge is -2.27. The summed E-state index contributed by atoms with van der Waals surface area (Å²) < 4.78 is 0. The van der Waals surface area contributed by atoms with Gasteiger partial charge in [0.1, 0.15) is 0 Å². The molecule has 22 heavy (non-hydrogen) atoms. The van der Waals surface area contributed by atoms with Gasteiger partial charge in [0, 0.05) is 5.92 Å². The molecule has 2 rings (SSSR count). The SMILES string of the molecule is CC(c1cccc(-c2ccccc2)c1)C(C)(C(=O)O)C(=O)O. The number of carbonyl (C=O) groups is 2. The lowest BCUT2D eigenvalue weighted by molar-refractivity contribution is -0.164. The van der Waals surface area contributed by atoms with Crippen molar-refractivity contribution < 1.29 is 19.8 Å². The third-order valence-electron chi connectivity index (χ3n) is 4.25. The molecule has 2 N–H and O–H groups in total. The number of carboxylic acids is 2. The van der Waals surface area contributed by atoms with Gasteiger partial charge in [-0.15, -0.1) is 0 Å². The van der Waals surface area contributed by atoms with E-state index in [4.69, 9.17) is 0 Å². The summed E-state index contributed by atoms with van der Waals surface area (Å²) in [6.07, 6.45) is 0. The van der Waals surface area contributed by atoms with Crippen molar-refractivity contribution in [1.29, 1.82) is 0 Å². The summed E-state index contributed by atoms with van der Waals surface area (Å²) in [6.45, 7) is 2.88. The van der Waals surface area contributed by atoms with Crippen LogP contribution in [0.25, 0.3) is 11.1 Å². The molecule has 0 aliphatic heterocycles. The van der Waals surface area contributed by atoms with Gasteiger partial charge in [-0.2, -0.15) is 0 Å². The lowest BCUT2D eigenvalue weighted by atomic mass is 9.74. The standard InChI is InChI=1S/C18H18O4/c1-12(18(2,16(19)20)17(21)22)14-9-6-10-15(11-14)13-7-4-3-5-8-13/h3-12H,1-2H3,(H,19,20)(H,21,22). The van der Waals surface area contributed by atoms with Crippen LogP contribution in [0.1, 0.15) is 25.3 Å². The number of hydrogen-bond acceptors (Lipinski definition) is 2. The minimum absolute atomic E-state index is 0.661. The van der Waals surface area contributed by atoms with Crippen LogP contribution in [0.15, 0.2) is 54.6 Å². The summed E-state index contributed by atoms with van der Waals surface area (Å²) in [7, 11) is 0. The van der Waals surface area contributed by atoms with E-state index in [1.807, 2.05) is 48.5 Å². The Morgan fingerprint density at radius 1 is 0.909 bits per heavy atom. The molecule has 0 saturated heterocycles. The van der Waals surface area contributed by atoms with E-state index < -0.39 is 23.3 Å². The summed E-state index contributed by atoms with van der Waals surface area (Å²) in [5.74, 6) is -3.33. The molecule has 0 aliphatic rings. The molecule has 0 spiro atoms. The molecule has 0 fully saturated rings. The maximum Gasteiger partial charge on any atom is 0.321 e. The van der Waals surface area contributed by atoms with Crippen molar-refractivity contribution in [3.8, 4) is 11.1 Å². The van der Waals surface area contributed by atoms with Gasteiger partial charge in [-0.1, -0.05) is 61.5 Å². The minimum atomic E-state index is -1.87. The Bertz CT molecular complexity index is 677. The second-order valence-corrected chi connectivity index (χ2v) is 5.53. The number of carboxylic acid groups (broad SMARTS) is 2. The molecule has 0 bridgehead atoms. The second-order valence-electron chi connectivity index (χ2n) is 5.53. The average molecular weight is 298 g/mol. The molecule has 1 unspecified atom stereocenters. The first-order valence-corrected chi connectivity index (χ1v) is 6.99. The smallest absolute Gasteiger partial charge is 0.321 e. The molecular formula is C18H18O4. The summed E-state index contributed by atoms with van der Waals surface area (Å²) in [5.41, 5.74) is 0.760. The fraction of sp³-hybridized carbons (Fsp3) is 0.222. The van der Waals surface area contributed by atoms with Crippen LogP contribution in [-0.4, -0.2) is 22.2 Å². The average Bonchev–Trinajstić information content (AvgIpc) is 2.54. The first-order valence-electron chi connectivity index (χ1n) is 6.99. The third-order valence-corrected chi connectivity index (χ3v) is 4.25. The summed E-state index contributed by atoms with van der Waals surface area (Å²) in [6, 6.07) is 17.0. The van der Waals surface area contributed by atoms with Crippen LogP contribution in [0.3, 0.4) is 0 Å². The Morgan fingerprint density at radius 2 is 1.45 bits per heavy atom. The van der Waals surface area contributed by atoms with Crippen LogP contribution in [0.5, 0.6) is 0 Å². The molecule has 114 valence electrons. The van der Waals surface area contributed by atoms with Gasteiger partial charge in [0.15, 0.2) is 5.41 Å². The van der Waals surface area contributed by atoms with Crippen LogP contribution in [-0.2, 0) is 9.59 Å². The minimum Gasteiger partial charge on any atom is -0.480 e. The van der Waals surface area contributed by atoms with E-state index in [9.17, 15) is 19.8 Å². The monoisotopic (exact) mass is 298 g/mol. The zero-order chi connectivity index (χ0) is 16.3. The van der Waals surface area contributed by atoms with Gasteiger partial charge in [-0.05, 0) is 23.6 Å². The fourth-order valence-corrected chi connectivity index (χ4v) is 2.41. The topological polar surface area (TPSA) is 74.6 Å². The molecule has 2 aromatic rings. The van der Waals surface area contributed by atoms with Crippen LogP contribution in [0, 0.1) is 5.41 Å². The zero-order valence-electron chi connectivity index (χ0n) is 12.5. The van der Waals surface area contributed by atoms with Gasteiger partial charge in [0.25, 0.3) is 0 Å². The van der Waals surface area contributed by atoms with Gasteiger partial charge < -0.3 is 10.2 Å². The Morgan fingerprint density at radius 3 is 2.00 bits per heavy atom. The molecule has 0 radical (unpaired) electrons. The highest BCUT2D eigenvalue weighted by Crippen LogP contribution is 2.37. The van der Waals surface area contributed by atoms with Crippen molar-refractivity contribution >= 4 is 11.9 Å². The van der Waals surface area contributed by atoms with Crippen molar-refractivity contribution in [2.24, 2.45) is 5.41 Å². The molecule has 4 heteroatoms. The van der Waals surface area contributed by atoms with Crippen molar-refractivity contribution in [2.45, 2.75) is 19.8 Å². The Labute approximate surface area is 129 Å². The van der Waals surface area contributed by atoms with Crippen LogP contribution in [0.4, 0.5) is 0 Å². The fourth-order valence-electron chi connectivity index (χ4n) is 2.41. The van der Waals surface area contributed by atoms with Gasteiger partial charge in [0.2, 0.25) is 0 Å². The van der Waals surface area contributed by atoms with E-state index in [0.717, 1.165) is 11.1 Å². The van der Waals surface area contributed by atoms with E-state index in [-0.39, 0.29) is 0 Å². The van der Waals surface area contributed by atoms with Crippen molar-refractivity contribution in [1.82, 2.24) is 0 Å². The maximum atomic E-state index is 11.5. The first-order chi connectivity index (χ1) is 10.4. The van der Waals surface area contributed by atoms with Crippen molar-refractivity contribution in [3.05, 3.63) is 60.2 Å². The highest BCUT2D eigenvalue weighted by molar-refractivity contribution is 5.99. The van der Waals surface area contributed by atoms with Gasteiger partial charge in [-0.25, -0.2) is 0 Å². The van der Waals surface area contributed by atoms with Gasteiger partial charge in [0.05, 0.1) is 0 Å². The molecule has 0 aliphatic carbocycles. The van der Waals surface area contributed by atoms with Crippen molar-refractivity contribution in [3.63, 3.8) is 0 Å². The molecule has 4 nitrogen and oxygen atoms in total. The van der Waals surface area contributed by atoms with Gasteiger partial charge in [-0.3, -0.25) is 9.59 Å². The molecule has 2 aromatic carbocycles. The summed E-state index contributed by atoms with van der Waals surface area (Å²) in [5, 5.41) is 18.7. The van der Waals surface area contributed by atoms with E-state index in [1.54, 1.807) is 13.0 Å². The van der Waals surface area contributed by atoms with Crippen LogP contribution >= 0.6 is 0 Å². The predicted molar refractivity (Wildman–Crippen MR) is 83.7 cm³/mol. The summed E-state index contributed by atoms with van der Waals surface area (Å²) in [4.78, 5) is 22.9. The molecular weight excluding hydrogens is 280 g/mol. The maximum absolute atomic E-state index is 11.5. The van der Waals surface area contributed by atoms with E-state index in [2.05, 4.69) is 0 Å². The first kappa shape index (κ1) is 15.8. The predicted octanol–water partition coefficient (Wildman–Crippen LogP) is 3.63. The molecule has 0 aromatic heterocycles. The number of benzene rings is 2. The van der Waals surface area contributed by atoms with Crippen LogP contribution in [0.2, 0.25) is 0 Å². The van der Waals surface area contributed by atoms with E-state index >= 15 is 0 Å². The zero-order valence-corrected chi connectivity index (χ0v) is 12.5. The largest absolute Gasteiger partial charge is 0.480 e. The van der Waals surface area contributed by atoms with E-state index in [0.29, 0.717) is 5.56 Å². The number of rotatable bonds is 5. The quantitative estimate of drug-likeness (QED) is 0.826. The normalized spacial score (nSPS) is 12.6. The molecule has 1 atom stereocenters. The third kappa shape index (κ3) is 2.72. The molecule has 0 amide bonds. The van der Waals surface area contributed by atoms with Crippen LogP contribution < -0.4 is 0 Å².